The number of urea groups is 1. The second-order valence-corrected chi connectivity index (χ2v) is 4.95. The molecule has 0 radical (unpaired) electrons. The summed E-state index contributed by atoms with van der Waals surface area (Å²) in [6.45, 7) is 0. The minimum Gasteiger partial charge on any atom is -0.352 e. The lowest BCUT2D eigenvalue weighted by Gasteiger charge is -2.16. The minimum atomic E-state index is -1.06. The first-order valence-corrected chi connectivity index (χ1v) is 7.14. The molecule has 1 rings (SSSR count). The number of anilines is 1. The van der Waals surface area contributed by atoms with Crippen LogP contribution in [0.3, 0.4) is 0 Å². The highest BCUT2D eigenvalue weighted by Crippen LogP contribution is 2.14. The second-order valence-electron chi connectivity index (χ2n) is 3.96. The van der Waals surface area contributed by atoms with E-state index in [1.54, 1.807) is 0 Å². The molecule has 3 amide bonds. The van der Waals surface area contributed by atoms with Crippen molar-refractivity contribution >= 4 is 29.4 Å². The highest BCUT2D eigenvalue weighted by atomic mass is 32.2. The van der Waals surface area contributed by atoms with Gasteiger partial charge >= 0.3 is 6.03 Å². The van der Waals surface area contributed by atoms with E-state index in [1.807, 2.05) is 6.26 Å². The number of amides is 3. The SMILES string of the molecule is CSCC[C@H](NC(N)=O)C(=O)Nc1ccc(F)c(F)c1. The Bertz CT molecular complexity index is 500. The monoisotopic (exact) mass is 303 g/mol. The standard InChI is InChI=1S/C12H15F2N3O2S/c1-20-5-4-10(17-12(15)19)11(18)16-7-2-3-8(13)9(14)6-7/h2-3,6,10H,4-5H2,1H3,(H,16,18)(H3,15,17,19)/t10-/m0/s1. The van der Waals surface area contributed by atoms with Gasteiger partial charge in [-0.2, -0.15) is 11.8 Å². The van der Waals surface area contributed by atoms with Crippen LogP contribution in [0, 0.1) is 11.6 Å². The Morgan fingerprint density at radius 3 is 2.60 bits per heavy atom. The Kier molecular flexibility index (Phi) is 6.23. The molecule has 0 fully saturated rings. The van der Waals surface area contributed by atoms with Crippen molar-refractivity contribution in [3.8, 4) is 0 Å². The van der Waals surface area contributed by atoms with Crippen LogP contribution < -0.4 is 16.4 Å². The topological polar surface area (TPSA) is 84.2 Å². The lowest BCUT2D eigenvalue weighted by Crippen LogP contribution is -2.46. The molecular formula is C12H15F2N3O2S. The second kappa shape index (κ2) is 7.68. The lowest BCUT2D eigenvalue weighted by molar-refractivity contribution is -0.117. The summed E-state index contributed by atoms with van der Waals surface area (Å²) in [7, 11) is 0. The minimum absolute atomic E-state index is 0.106. The van der Waals surface area contributed by atoms with Crippen LogP contribution in [-0.2, 0) is 4.79 Å². The maximum atomic E-state index is 13.0. The lowest BCUT2D eigenvalue weighted by atomic mass is 10.2. The van der Waals surface area contributed by atoms with Gasteiger partial charge in [-0.3, -0.25) is 4.79 Å². The van der Waals surface area contributed by atoms with Crippen LogP contribution >= 0.6 is 11.8 Å². The summed E-state index contributed by atoms with van der Waals surface area (Å²) < 4.78 is 25.8. The molecule has 0 aliphatic carbocycles. The number of hydrogen-bond acceptors (Lipinski definition) is 3. The molecule has 0 saturated heterocycles. The average molecular weight is 303 g/mol. The molecule has 4 N–H and O–H groups in total. The van der Waals surface area contributed by atoms with Gasteiger partial charge in [0.1, 0.15) is 6.04 Å². The van der Waals surface area contributed by atoms with Crippen LogP contribution in [0.1, 0.15) is 6.42 Å². The molecule has 1 atom stereocenters. The summed E-state index contributed by atoms with van der Waals surface area (Å²) in [6.07, 6.45) is 2.23. The van der Waals surface area contributed by atoms with Crippen LogP contribution in [0.4, 0.5) is 19.3 Å². The Balaban J connectivity index is 2.73. The summed E-state index contributed by atoms with van der Waals surface area (Å²) in [5.74, 6) is -1.97. The Labute approximate surface area is 119 Å². The maximum absolute atomic E-state index is 13.0. The average Bonchev–Trinajstić information content (AvgIpc) is 2.38. The molecule has 0 aliphatic rings. The smallest absolute Gasteiger partial charge is 0.312 e. The van der Waals surface area contributed by atoms with Gasteiger partial charge in [0.15, 0.2) is 11.6 Å². The summed E-state index contributed by atoms with van der Waals surface area (Å²) in [4.78, 5) is 22.8. The zero-order chi connectivity index (χ0) is 15.1. The van der Waals surface area contributed by atoms with E-state index in [4.69, 9.17) is 5.73 Å². The van der Waals surface area contributed by atoms with Crippen molar-refractivity contribution < 1.29 is 18.4 Å². The van der Waals surface area contributed by atoms with Crippen LogP contribution in [-0.4, -0.2) is 30.0 Å². The van der Waals surface area contributed by atoms with Gasteiger partial charge in [0.2, 0.25) is 5.91 Å². The molecule has 1 aromatic carbocycles. The molecule has 0 spiro atoms. The van der Waals surface area contributed by atoms with Crippen molar-refractivity contribution in [2.24, 2.45) is 5.73 Å². The molecule has 110 valence electrons. The summed E-state index contributed by atoms with van der Waals surface area (Å²) in [6, 6.07) is 1.35. The molecule has 0 saturated carbocycles. The van der Waals surface area contributed by atoms with Gasteiger partial charge in [0.25, 0.3) is 0 Å². The van der Waals surface area contributed by atoms with Crippen LogP contribution in [0.2, 0.25) is 0 Å². The summed E-state index contributed by atoms with van der Waals surface area (Å²) in [5.41, 5.74) is 5.10. The van der Waals surface area contributed by atoms with Gasteiger partial charge in [0, 0.05) is 11.8 Å². The summed E-state index contributed by atoms with van der Waals surface area (Å²) >= 11 is 1.50. The van der Waals surface area contributed by atoms with E-state index in [-0.39, 0.29) is 5.69 Å². The van der Waals surface area contributed by atoms with Gasteiger partial charge in [0.05, 0.1) is 0 Å². The molecule has 0 aliphatic heterocycles. The van der Waals surface area contributed by atoms with Crippen molar-refractivity contribution in [2.45, 2.75) is 12.5 Å². The number of rotatable bonds is 6. The Morgan fingerprint density at radius 2 is 2.05 bits per heavy atom. The zero-order valence-corrected chi connectivity index (χ0v) is 11.6. The number of primary amides is 1. The highest BCUT2D eigenvalue weighted by Gasteiger charge is 2.19. The van der Waals surface area contributed by atoms with E-state index in [9.17, 15) is 18.4 Å². The number of carbonyl (C=O) groups is 2. The van der Waals surface area contributed by atoms with E-state index in [0.717, 1.165) is 12.1 Å². The fraction of sp³-hybridized carbons (Fsp3) is 0.333. The first kappa shape index (κ1) is 16.2. The first-order valence-electron chi connectivity index (χ1n) is 5.75. The quantitative estimate of drug-likeness (QED) is 0.748. The number of hydrogen-bond donors (Lipinski definition) is 3. The van der Waals surface area contributed by atoms with E-state index in [1.165, 1.54) is 17.8 Å². The third-order valence-corrected chi connectivity index (χ3v) is 3.07. The Morgan fingerprint density at radius 1 is 1.35 bits per heavy atom. The third-order valence-electron chi connectivity index (χ3n) is 2.43. The van der Waals surface area contributed by atoms with Crippen LogP contribution in [0.5, 0.6) is 0 Å². The van der Waals surface area contributed by atoms with Crippen LogP contribution in [0.25, 0.3) is 0 Å². The van der Waals surface area contributed by atoms with Crippen molar-refractivity contribution in [1.29, 1.82) is 0 Å². The predicted octanol–water partition coefficient (Wildman–Crippen LogP) is 1.69. The number of nitrogens with one attached hydrogen (secondary N) is 2. The van der Waals surface area contributed by atoms with E-state index < -0.39 is 29.6 Å². The Hall–Kier alpha value is -1.83. The van der Waals surface area contributed by atoms with Gasteiger partial charge in [-0.05, 0) is 30.6 Å². The van der Waals surface area contributed by atoms with Crippen LogP contribution in [0.15, 0.2) is 18.2 Å². The molecular weight excluding hydrogens is 288 g/mol. The zero-order valence-electron chi connectivity index (χ0n) is 10.8. The molecule has 5 nitrogen and oxygen atoms in total. The van der Waals surface area contributed by atoms with Gasteiger partial charge < -0.3 is 16.4 Å². The third kappa shape index (κ3) is 5.04. The van der Waals surface area contributed by atoms with Crippen molar-refractivity contribution in [2.75, 3.05) is 17.3 Å². The molecule has 8 heteroatoms. The van der Waals surface area contributed by atoms with Crippen molar-refractivity contribution in [3.63, 3.8) is 0 Å². The normalized spacial score (nSPS) is 11.8. The van der Waals surface area contributed by atoms with Crippen molar-refractivity contribution in [3.05, 3.63) is 29.8 Å². The fourth-order valence-corrected chi connectivity index (χ4v) is 1.95. The highest BCUT2D eigenvalue weighted by molar-refractivity contribution is 7.98. The number of halogens is 2. The largest absolute Gasteiger partial charge is 0.352 e. The number of thioether (sulfide) groups is 1. The molecule has 0 bridgehead atoms. The molecule has 0 unspecified atom stereocenters. The van der Waals surface area contributed by atoms with E-state index >= 15 is 0 Å². The number of benzene rings is 1. The molecule has 0 aromatic heterocycles. The predicted molar refractivity (Wildman–Crippen MR) is 74.5 cm³/mol. The van der Waals surface area contributed by atoms with Crippen molar-refractivity contribution in [1.82, 2.24) is 5.32 Å². The number of nitrogens with two attached hydrogens (primary N) is 1. The van der Waals surface area contributed by atoms with Gasteiger partial charge in [-0.25, -0.2) is 13.6 Å². The first-order chi connectivity index (χ1) is 9.43. The number of carbonyl (C=O) groups excluding carboxylic acids is 2. The fourth-order valence-electron chi connectivity index (χ4n) is 1.48. The van der Waals surface area contributed by atoms with E-state index in [0.29, 0.717) is 12.2 Å². The van der Waals surface area contributed by atoms with E-state index in [2.05, 4.69) is 10.6 Å². The molecule has 20 heavy (non-hydrogen) atoms. The molecule has 0 heterocycles. The van der Waals surface area contributed by atoms with Gasteiger partial charge in [-0.15, -0.1) is 0 Å². The summed E-state index contributed by atoms with van der Waals surface area (Å²) in [5, 5.41) is 4.71. The van der Waals surface area contributed by atoms with Gasteiger partial charge in [-0.1, -0.05) is 0 Å². The molecule has 1 aromatic rings. The maximum Gasteiger partial charge on any atom is 0.312 e.